The summed E-state index contributed by atoms with van der Waals surface area (Å²) in [4.78, 5) is 0. The van der Waals surface area contributed by atoms with Crippen LogP contribution in [0, 0.1) is 0 Å². The average molecular weight is 304 g/mol. The number of hydrogen-bond donors (Lipinski definition) is 1. The molecule has 3 heteroatoms. The Morgan fingerprint density at radius 1 is 0.913 bits per heavy atom. The molecule has 0 radical (unpaired) electrons. The number of nitrogens with zero attached hydrogens (tertiary/aromatic N) is 2. The van der Waals surface area contributed by atoms with Gasteiger partial charge in [0.2, 0.25) is 0 Å². The summed E-state index contributed by atoms with van der Waals surface area (Å²) in [5, 5.41) is 15.0. The Hall–Kier alpha value is -2.81. The summed E-state index contributed by atoms with van der Waals surface area (Å²) in [5.74, 6) is 0.275. The highest BCUT2D eigenvalue weighted by atomic mass is 16.3. The van der Waals surface area contributed by atoms with E-state index in [4.69, 9.17) is 0 Å². The molecule has 116 valence electrons. The van der Waals surface area contributed by atoms with E-state index in [0.29, 0.717) is 5.56 Å². The van der Waals surface area contributed by atoms with Crippen molar-refractivity contribution in [3.05, 3.63) is 89.7 Å². The second-order valence-electron chi connectivity index (χ2n) is 6.04. The van der Waals surface area contributed by atoms with E-state index in [-0.39, 0.29) is 11.2 Å². The van der Waals surface area contributed by atoms with Gasteiger partial charge in [-0.25, -0.2) is 4.68 Å². The van der Waals surface area contributed by atoms with Gasteiger partial charge in [0.1, 0.15) is 5.75 Å². The lowest BCUT2D eigenvalue weighted by Gasteiger charge is -2.27. The molecule has 0 saturated heterocycles. The maximum atomic E-state index is 10.7. The Morgan fingerprint density at radius 2 is 1.61 bits per heavy atom. The summed E-state index contributed by atoms with van der Waals surface area (Å²) in [6.45, 7) is 4.23. The standard InChI is InChI=1S/C20H20N2O/c1-20(2,17-10-4-3-5-11-17)18-12-8-9-16(19(18)23)15-21-22-13-6-7-14-22/h3-15,23H,1-2H3/b21-15+. The lowest BCUT2D eigenvalue weighted by molar-refractivity contribution is 0.452. The van der Waals surface area contributed by atoms with E-state index >= 15 is 0 Å². The van der Waals surface area contributed by atoms with Gasteiger partial charge in [-0.2, -0.15) is 5.10 Å². The topological polar surface area (TPSA) is 37.5 Å². The summed E-state index contributed by atoms with van der Waals surface area (Å²) < 4.78 is 1.70. The maximum absolute atomic E-state index is 10.7. The van der Waals surface area contributed by atoms with Crippen LogP contribution in [0.3, 0.4) is 0 Å². The molecule has 0 amide bonds. The zero-order chi connectivity index (χ0) is 16.3. The molecule has 1 heterocycles. The van der Waals surface area contributed by atoms with E-state index in [9.17, 15) is 5.11 Å². The van der Waals surface area contributed by atoms with Crippen molar-refractivity contribution < 1.29 is 5.11 Å². The minimum absolute atomic E-state index is 0.275. The molecule has 0 aliphatic rings. The third-order valence-corrected chi connectivity index (χ3v) is 4.15. The minimum Gasteiger partial charge on any atom is -0.507 e. The molecule has 0 saturated carbocycles. The maximum Gasteiger partial charge on any atom is 0.128 e. The summed E-state index contributed by atoms with van der Waals surface area (Å²) in [5.41, 5.74) is 2.47. The molecule has 3 rings (SSSR count). The predicted octanol–water partition coefficient (Wildman–Crippen LogP) is 4.40. The van der Waals surface area contributed by atoms with E-state index in [0.717, 1.165) is 11.1 Å². The third-order valence-electron chi connectivity index (χ3n) is 4.15. The lowest BCUT2D eigenvalue weighted by atomic mass is 9.77. The molecule has 1 aromatic heterocycles. The van der Waals surface area contributed by atoms with Crippen molar-refractivity contribution in [2.75, 3.05) is 0 Å². The van der Waals surface area contributed by atoms with Crippen LogP contribution in [-0.4, -0.2) is 16.0 Å². The van der Waals surface area contributed by atoms with Crippen LogP contribution in [0.1, 0.15) is 30.5 Å². The van der Waals surface area contributed by atoms with E-state index in [1.165, 1.54) is 0 Å². The molecule has 0 fully saturated rings. The summed E-state index contributed by atoms with van der Waals surface area (Å²) in [6.07, 6.45) is 5.39. The van der Waals surface area contributed by atoms with E-state index in [1.807, 2.05) is 60.9 Å². The van der Waals surface area contributed by atoms with Crippen LogP contribution in [0.4, 0.5) is 0 Å². The number of aromatic hydroxyl groups is 1. The second kappa shape index (κ2) is 6.13. The second-order valence-corrected chi connectivity index (χ2v) is 6.04. The van der Waals surface area contributed by atoms with Gasteiger partial charge in [0.05, 0.1) is 6.21 Å². The van der Waals surface area contributed by atoms with Crippen LogP contribution in [0.5, 0.6) is 5.75 Å². The van der Waals surface area contributed by atoms with Crippen LogP contribution in [0.2, 0.25) is 0 Å². The average Bonchev–Trinajstić information content (AvgIpc) is 3.08. The SMILES string of the molecule is CC(C)(c1ccccc1)c1cccc(/C=N/n2cccc2)c1O. The van der Waals surface area contributed by atoms with Crippen molar-refractivity contribution in [1.29, 1.82) is 0 Å². The van der Waals surface area contributed by atoms with Crippen molar-refractivity contribution in [1.82, 2.24) is 4.68 Å². The molecular formula is C20H20N2O. The molecule has 1 N–H and O–H groups in total. The normalized spacial score (nSPS) is 11.9. The highest BCUT2D eigenvalue weighted by Gasteiger charge is 2.26. The molecule has 0 spiro atoms. The molecule has 0 aliphatic carbocycles. The molecule has 3 nitrogen and oxygen atoms in total. The first-order valence-corrected chi connectivity index (χ1v) is 7.64. The van der Waals surface area contributed by atoms with Crippen molar-refractivity contribution >= 4 is 6.21 Å². The molecule has 0 aliphatic heterocycles. The third kappa shape index (κ3) is 3.04. The molecule has 3 aromatic rings. The molecular weight excluding hydrogens is 284 g/mol. The first-order valence-electron chi connectivity index (χ1n) is 7.64. The zero-order valence-electron chi connectivity index (χ0n) is 13.3. The fraction of sp³-hybridized carbons (Fsp3) is 0.150. The van der Waals surface area contributed by atoms with Gasteiger partial charge in [0.15, 0.2) is 0 Å². The molecule has 0 bridgehead atoms. The van der Waals surface area contributed by atoms with Crippen molar-refractivity contribution in [2.45, 2.75) is 19.3 Å². The number of hydrogen-bond acceptors (Lipinski definition) is 2. The fourth-order valence-electron chi connectivity index (χ4n) is 2.71. The largest absolute Gasteiger partial charge is 0.507 e. The van der Waals surface area contributed by atoms with Gasteiger partial charge in [-0.1, -0.05) is 56.3 Å². The molecule has 23 heavy (non-hydrogen) atoms. The van der Waals surface area contributed by atoms with Crippen LogP contribution >= 0.6 is 0 Å². The van der Waals surface area contributed by atoms with Gasteiger partial charge in [0, 0.05) is 28.9 Å². The molecule has 2 aromatic carbocycles. The Morgan fingerprint density at radius 3 is 2.30 bits per heavy atom. The van der Waals surface area contributed by atoms with Gasteiger partial charge >= 0.3 is 0 Å². The Labute approximate surface area is 136 Å². The Balaban J connectivity index is 2.00. The zero-order valence-corrected chi connectivity index (χ0v) is 13.3. The molecule has 0 atom stereocenters. The fourth-order valence-corrected chi connectivity index (χ4v) is 2.71. The van der Waals surface area contributed by atoms with E-state index in [1.54, 1.807) is 10.9 Å². The smallest absolute Gasteiger partial charge is 0.128 e. The predicted molar refractivity (Wildman–Crippen MR) is 94.1 cm³/mol. The lowest BCUT2D eigenvalue weighted by Crippen LogP contribution is -2.19. The van der Waals surface area contributed by atoms with Gasteiger partial charge in [-0.3, -0.25) is 0 Å². The van der Waals surface area contributed by atoms with E-state index in [2.05, 4.69) is 31.1 Å². The monoisotopic (exact) mass is 304 g/mol. The highest BCUT2D eigenvalue weighted by Crippen LogP contribution is 2.37. The summed E-state index contributed by atoms with van der Waals surface area (Å²) >= 11 is 0. The van der Waals surface area contributed by atoms with Crippen LogP contribution in [0.15, 0.2) is 78.2 Å². The number of benzene rings is 2. The first kappa shape index (κ1) is 15.1. The van der Waals surface area contributed by atoms with Gasteiger partial charge in [-0.15, -0.1) is 0 Å². The minimum atomic E-state index is -0.289. The quantitative estimate of drug-likeness (QED) is 0.713. The van der Waals surface area contributed by atoms with Gasteiger partial charge in [0.25, 0.3) is 0 Å². The van der Waals surface area contributed by atoms with Crippen molar-refractivity contribution in [3.8, 4) is 5.75 Å². The number of phenols is 1. The number of phenolic OH excluding ortho intramolecular Hbond substituents is 1. The number of rotatable bonds is 4. The Kier molecular flexibility index (Phi) is 4.02. The number of para-hydroxylation sites is 1. The molecule has 0 unspecified atom stereocenters. The first-order chi connectivity index (χ1) is 11.1. The van der Waals surface area contributed by atoms with Gasteiger partial charge in [-0.05, 0) is 23.8 Å². The summed E-state index contributed by atoms with van der Waals surface area (Å²) in [7, 11) is 0. The highest BCUT2D eigenvalue weighted by molar-refractivity contribution is 5.84. The van der Waals surface area contributed by atoms with Crippen LogP contribution in [0.25, 0.3) is 0 Å². The van der Waals surface area contributed by atoms with E-state index < -0.39 is 0 Å². The van der Waals surface area contributed by atoms with Gasteiger partial charge < -0.3 is 5.11 Å². The van der Waals surface area contributed by atoms with Crippen molar-refractivity contribution in [3.63, 3.8) is 0 Å². The van der Waals surface area contributed by atoms with Crippen LogP contribution in [-0.2, 0) is 5.41 Å². The van der Waals surface area contributed by atoms with Crippen LogP contribution < -0.4 is 0 Å². The van der Waals surface area contributed by atoms with Crippen molar-refractivity contribution in [2.24, 2.45) is 5.10 Å². The number of aromatic nitrogens is 1. The Bertz CT molecular complexity index is 803. The summed E-state index contributed by atoms with van der Waals surface area (Å²) in [6, 6.07) is 19.8.